The molecule has 0 aliphatic rings. The Morgan fingerprint density at radius 3 is 1.95 bits per heavy atom. The second-order valence-corrected chi connectivity index (χ2v) is 5.78. The topological polar surface area (TPSA) is 0 Å². The Bertz CT molecular complexity index is 324. The third-order valence-corrected chi connectivity index (χ3v) is 4.11. The van der Waals surface area contributed by atoms with E-state index in [0.717, 1.165) is 6.71 Å². The van der Waals surface area contributed by atoms with Crippen molar-refractivity contribution in [2.45, 2.75) is 78.4 Å². The molecule has 0 aliphatic heterocycles. The van der Waals surface area contributed by atoms with Gasteiger partial charge in [-0.05, 0) is 12.8 Å². The summed E-state index contributed by atoms with van der Waals surface area (Å²) >= 11 is 0. The molecule has 0 radical (unpaired) electrons. The van der Waals surface area contributed by atoms with E-state index < -0.39 is 0 Å². The lowest BCUT2D eigenvalue weighted by Crippen LogP contribution is -2.32. The molecule has 19 heavy (non-hydrogen) atoms. The van der Waals surface area contributed by atoms with Gasteiger partial charge in [0, 0.05) is 0 Å². The van der Waals surface area contributed by atoms with Crippen molar-refractivity contribution >= 4 is 12.2 Å². The van der Waals surface area contributed by atoms with E-state index in [0.29, 0.717) is 0 Å². The zero-order valence-corrected chi connectivity index (χ0v) is 13.3. The Kier molecular flexibility index (Phi) is 8.70. The van der Waals surface area contributed by atoms with Crippen molar-refractivity contribution in [1.29, 1.82) is 0 Å². The smallest absolute Gasteiger partial charge is 0.0769 e. The van der Waals surface area contributed by atoms with E-state index in [1.807, 2.05) is 0 Å². The van der Waals surface area contributed by atoms with Crippen molar-refractivity contribution < 1.29 is 0 Å². The molecule has 0 heterocycles. The number of hydrogen-bond acceptors (Lipinski definition) is 0. The highest BCUT2D eigenvalue weighted by Gasteiger charge is 2.17. The molecule has 0 saturated carbocycles. The number of hydrogen-bond donors (Lipinski definition) is 0. The first-order valence-electron chi connectivity index (χ1n) is 8.41. The highest BCUT2D eigenvalue weighted by atomic mass is 14.0. The third-order valence-electron chi connectivity index (χ3n) is 4.11. The quantitative estimate of drug-likeness (QED) is 0.497. The predicted molar refractivity (Wildman–Crippen MR) is 89.9 cm³/mol. The van der Waals surface area contributed by atoms with E-state index in [1.165, 1.54) is 57.6 Å². The molecular formula is C18H31B. The normalized spacial score (nSPS) is 10.7. The van der Waals surface area contributed by atoms with Crippen LogP contribution in [0.1, 0.15) is 64.9 Å². The summed E-state index contributed by atoms with van der Waals surface area (Å²) < 4.78 is 0. The van der Waals surface area contributed by atoms with Crippen molar-refractivity contribution in [2.75, 3.05) is 0 Å². The second kappa shape index (κ2) is 10.1. The second-order valence-electron chi connectivity index (χ2n) is 5.78. The van der Waals surface area contributed by atoms with Gasteiger partial charge in [0.2, 0.25) is 0 Å². The van der Waals surface area contributed by atoms with Gasteiger partial charge in [-0.25, -0.2) is 0 Å². The average molecular weight is 258 g/mol. The van der Waals surface area contributed by atoms with Gasteiger partial charge in [0.05, 0.1) is 0 Å². The molecule has 106 valence electrons. The lowest BCUT2D eigenvalue weighted by molar-refractivity contribution is 0.796. The molecule has 0 fully saturated rings. The molecule has 0 aromatic heterocycles. The molecule has 1 aromatic rings. The Morgan fingerprint density at radius 1 is 0.789 bits per heavy atom. The van der Waals surface area contributed by atoms with Crippen LogP contribution in [-0.2, 0) is 6.42 Å². The summed E-state index contributed by atoms with van der Waals surface area (Å²) in [6.07, 6.45) is 12.0. The number of unbranched alkanes of at least 4 members (excludes halogenated alkanes) is 3. The fourth-order valence-electron chi connectivity index (χ4n) is 2.88. The van der Waals surface area contributed by atoms with Crippen LogP contribution in [0.25, 0.3) is 0 Å². The molecular weight excluding hydrogens is 227 g/mol. The van der Waals surface area contributed by atoms with Crippen LogP contribution in [0.4, 0.5) is 0 Å². The van der Waals surface area contributed by atoms with Gasteiger partial charge < -0.3 is 0 Å². The maximum absolute atomic E-state index is 2.39. The first-order valence-corrected chi connectivity index (χ1v) is 8.41. The van der Waals surface area contributed by atoms with E-state index >= 15 is 0 Å². The minimum absolute atomic E-state index is 0.799. The van der Waals surface area contributed by atoms with Crippen LogP contribution in [0, 0.1) is 0 Å². The molecule has 0 aliphatic carbocycles. The van der Waals surface area contributed by atoms with Gasteiger partial charge in [0.1, 0.15) is 0 Å². The molecule has 1 rings (SSSR count). The lowest BCUT2D eigenvalue weighted by atomic mass is 9.39. The molecule has 0 nitrogen and oxygen atoms in total. The zero-order valence-electron chi connectivity index (χ0n) is 13.3. The first-order chi connectivity index (χ1) is 9.33. The summed E-state index contributed by atoms with van der Waals surface area (Å²) in [5.41, 5.74) is 3.26. The summed E-state index contributed by atoms with van der Waals surface area (Å²) in [6.45, 7) is 7.70. The molecule has 0 saturated heterocycles. The van der Waals surface area contributed by atoms with Crippen molar-refractivity contribution in [3.8, 4) is 0 Å². The number of benzene rings is 1. The van der Waals surface area contributed by atoms with Crippen LogP contribution in [-0.4, -0.2) is 6.71 Å². The van der Waals surface area contributed by atoms with E-state index in [2.05, 4.69) is 45.0 Å². The average Bonchev–Trinajstić information content (AvgIpc) is 2.46. The van der Waals surface area contributed by atoms with Gasteiger partial charge in [-0.3, -0.25) is 0 Å². The molecule has 0 unspecified atom stereocenters. The molecule has 0 amide bonds. The first kappa shape index (κ1) is 16.3. The maximum Gasteiger partial charge on any atom is 0.176 e. The zero-order chi connectivity index (χ0) is 13.9. The van der Waals surface area contributed by atoms with Crippen LogP contribution in [0.5, 0.6) is 0 Å². The lowest BCUT2D eigenvalue weighted by Gasteiger charge is -2.17. The van der Waals surface area contributed by atoms with Crippen LogP contribution < -0.4 is 5.46 Å². The van der Waals surface area contributed by atoms with Crippen LogP contribution in [0.15, 0.2) is 24.3 Å². The Balaban J connectivity index is 2.79. The summed E-state index contributed by atoms with van der Waals surface area (Å²) in [5.74, 6) is 0. The molecule has 0 N–H and O–H groups in total. The maximum atomic E-state index is 2.39. The largest absolute Gasteiger partial charge is 0.176 e. The Morgan fingerprint density at radius 2 is 1.37 bits per heavy atom. The van der Waals surface area contributed by atoms with Crippen molar-refractivity contribution in [3.05, 3.63) is 29.8 Å². The highest BCUT2D eigenvalue weighted by molar-refractivity contribution is 6.73. The Labute approximate surface area is 121 Å². The summed E-state index contributed by atoms with van der Waals surface area (Å²) in [5, 5.41) is 0. The SMILES string of the molecule is CCCCB(CCCC)c1ccccc1CCCC. The standard InChI is InChI=1S/C18H31B/c1-4-7-12-17-13-10-11-14-18(17)19(15-8-5-2)16-9-6-3/h10-11,13-14H,4-9,12,15-16H2,1-3H3. The minimum Gasteiger partial charge on any atom is -0.0769 e. The molecule has 0 atom stereocenters. The van der Waals surface area contributed by atoms with Crippen LogP contribution in [0.3, 0.4) is 0 Å². The van der Waals surface area contributed by atoms with Gasteiger partial charge in [0.15, 0.2) is 6.71 Å². The van der Waals surface area contributed by atoms with E-state index in [1.54, 1.807) is 11.0 Å². The highest BCUT2D eigenvalue weighted by Crippen LogP contribution is 2.13. The van der Waals surface area contributed by atoms with E-state index in [9.17, 15) is 0 Å². The van der Waals surface area contributed by atoms with Crippen molar-refractivity contribution in [3.63, 3.8) is 0 Å². The third kappa shape index (κ3) is 5.84. The van der Waals surface area contributed by atoms with E-state index in [4.69, 9.17) is 0 Å². The fraction of sp³-hybridized carbons (Fsp3) is 0.667. The summed E-state index contributed by atoms with van der Waals surface area (Å²) in [7, 11) is 0. The molecule has 1 heteroatoms. The van der Waals surface area contributed by atoms with Gasteiger partial charge in [-0.15, -0.1) is 0 Å². The van der Waals surface area contributed by atoms with Crippen molar-refractivity contribution in [1.82, 2.24) is 0 Å². The fourth-order valence-corrected chi connectivity index (χ4v) is 2.88. The van der Waals surface area contributed by atoms with Crippen LogP contribution in [0.2, 0.25) is 12.6 Å². The summed E-state index contributed by atoms with van der Waals surface area (Å²) in [6, 6.07) is 9.19. The number of rotatable bonds is 10. The molecule has 1 aromatic carbocycles. The van der Waals surface area contributed by atoms with Gasteiger partial charge in [0.25, 0.3) is 0 Å². The Hall–Kier alpha value is -0.715. The number of aryl methyl sites for hydroxylation is 1. The van der Waals surface area contributed by atoms with Gasteiger partial charge in [-0.2, -0.15) is 0 Å². The van der Waals surface area contributed by atoms with Gasteiger partial charge in [-0.1, -0.05) is 101 Å². The van der Waals surface area contributed by atoms with Crippen molar-refractivity contribution in [2.24, 2.45) is 0 Å². The minimum atomic E-state index is 0.799. The van der Waals surface area contributed by atoms with Gasteiger partial charge >= 0.3 is 0 Å². The molecule has 0 bridgehead atoms. The van der Waals surface area contributed by atoms with Crippen LogP contribution >= 0.6 is 0 Å². The van der Waals surface area contributed by atoms with E-state index in [-0.39, 0.29) is 0 Å². The molecule has 0 spiro atoms. The monoisotopic (exact) mass is 258 g/mol. The summed E-state index contributed by atoms with van der Waals surface area (Å²) in [4.78, 5) is 0. The predicted octanol–water partition coefficient (Wildman–Crippen LogP) is 5.33.